The second-order valence-corrected chi connectivity index (χ2v) is 7.76. The van der Waals surface area contributed by atoms with Crippen LogP contribution in [0.3, 0.4) is 0 Å². The van der Waals surface area contributed by atoms with Gasteiger partial charge in [0.15, 0.2) is 0 Å². The van der Waals surface area contributed by atoms with E-state index >= 15 is 0 Å². The number of amides is 1. The number of fused-ring (bicyclic) bond motifs is 1. The average Bonchev–Trinajstić information content (AvgIpc) is 3.54. The van der Waals surface area contributed by atoms with Crippen LogP contribution in [0.5, 0.6) is 0 Å². The summed E-state index contributed by atoms with van der Waals surface area (Å²) in [5.41, 5.74) is 1.21. The van der Waals surface area contributed by atoms with Crippen LogP contribution in [0.15, 0.2) is 29.3 Å². The summed E-state index contributed by atoms with van der Waals surface area (Å²) in [5.74, 6) is 1.04. The molecule has 8 nitrogen and oxygen atoms in total. The number of hydrogen-bond acceptors (Lipinski definition) is 7. The van der Waals surface area contributed by atoms with Gasteiger partial charge in [0.05, 0.1) is 28.4 Å². The first kappa shape index (κ1) is 16.2. The summed E-state index contributed by atoms with van der Waals surface area (Å²) < 4.78 is 5.59. The van der Waals surface area contributed by atoms with Crippen molar-refractivity contribution < 1.29 is 9.21 Å². The van der Waals surface area contributed by atoms with Crippen molar-refractivity contribution in [1.29, 1.82) is 0 Å². The summed E-state index contributed by atoms with van der Waals surface area (Å²) in [7, 11) is 0. The molecule has 27 heavy (non-hydrogen) atoms. The molecule has 2 fully saturated rings. The van der Waals surface area contributed by atoms with E-state index in [1.807, 2.05) is 6.92 Å². The van der Waals surface area contributed by atoms with Crippen LogP contribution in [0.1, 0.15) is 54.5 Å². The number of nitrogens with one attached hydrogen (secondary N) is 2. The zero-order chi connectivity index (χ0) is 18.6. The maximum absolute atomic E-state index is 13.1. The number of carbonyl (C=O) groups is 1. The van der Waals surface area contributed by atoms with Crippen molar-refractivity contribution in [1.82, 2.24) is 25.3 Å². The highest BCUT2D eigenvalue weighted by atomic mass is 16.3. The second kappa shape index (κ2) is 5.48. The summed E-state index contributed by atoms with van der Waals surface area (Å²) in [6, 6.07) is 0. The topological polar surface area (TPSA) is 106 Å². The predicted molar refractivity (Wildman–Crippen MR) is 98.2 cm³/mol. The third-order valence-electron chi connectivity index (χ3n) is 5.37. The Morgan fingerprint density at radius 2 is 2.00 bits per heavy atom. The molecule has 2 aliphatic rings. The number of rotatable bonds is 5. The van der Waals surface area contributed by atoms with Crippen molar-refractivity contribution >= 4 is 22.8 Å². The third-order valence-corrected chi connectivity index (χ3v) is 5.37. The van der Waals surface area contributed by atoms with Gasteiger partial charge >= 0.3 is 0 Å². The molecule has 0 aliphatic heterocycles. The molecule has 0 atom stereocenters. The number of carbonyl (C=O) groups excluding carboxylic acids is 1. The zero-order valence-corrected chi connectivity index (χ0v) is 15.2. The summed E-state index contributed by atoms with van der Waals surface area (Å²) in [6.07, 6.45) is 10.3. The number of nitrogens with zero attached hydrogens (tertiary/aromatic N) is 4. The predicted octanol–water partition coefficient (Wildman–Crippen LogP) is 2.70. The fraction of sp³-hybridized carbons (Fsp3) is 0.421. The van der Waals surface area contributed by atoms with E-state index in [1.54, 1.807) is 18.6 Å². The van der Waals surface area contributed by atoms with E-state index in [1.165, 1.54) is 6.26 Å². The molecular weight excluding hydrogens is 344 g/mol. The number of anilines is 1. The molecule has 0 aromatic carbocycles. The maximum Gasteiger partial charge on any atom is 0.256 e. The van der Waals surface area contributed by atoms with Crippen LogP contribution < -0.4 is 10.6 Å². The van der Waals surface area contributed by atoms with Gasteiger partial charge in [-0.3, -0.25) is 14.8 Å². The van der Waals surface area contributed by atoms with Crippen molar-refractivity contribution in [3.05, 3.63) is 41.9 Å². The Labute approximate surface area is 155 Å². The summed E-state index contributed by atoms with van der Waals surface area (Å²) in [4.78, 5) is 30.4. The Hall–Kier alpha value is -3.03. The van der Waals surface area contributed by atoms with E-state index in [-0.39, 0.29) is 11.4 Å². The normalized spacial score (nSPS) is 18.9. The highest BCUT2D eigenvalue weighted by molar-refractivity contribution is 6.09. The molecule has 0 radical (unpaired) electrons. The van der Waals surface area contributed by atoms with Crippen LogP contribution in [-0.4, -0.2) is 31.4 Å². The fourth-order valence-electron chi connectivity index (χ4n) is 3.31. The highest BCUT2D eigenvalue weighted by Gasteiger charge is 2.48. The van der Waals surface area contributed by atoms with Crippen molar-refractivity contribution in [2.75, 3.05) is 5.32 Å². The lowest BCUT2D eigenvalue weighted by Crippen LogP contribution is -2.35. The van der Waals surface area contributed by atoms with Crippen LogP contribution in [0.25, 0.3) is 11.1 Å². The quantitative estimate of drug-likeness (QED) is 0.717. The van der Waals surface area contributed by atoms with E-state index in [9.17, 15) is 4.79 Å². The standard InChI is InChI=1S/C19H20N6O2/c1-11-22-15(24-18(2)3-4-18)14-12(10-27-17(14)23-11)16(26)25-19(5-6-19)13-9-20-7-8-21-13/h7-10H,3-6H2,1-2H3,(H,25,26)(H,22,23,24). The molecule has 8 heteroatoms. The lowest BCUT2D eigenvalue weighted by molar-refractivity contribution is 0.0930. The first-order valence-electron chi connectivity index (χ1n) is 9.11. The van der Waals surface area contributed by atoms with E-state index in [4.69, 9.17) is 4.42 Å². The van der Waals surface area contributed by atoms with E-state index in [2.05, 4.69) is 37.5 Å². The van der Waals surface area contributed by atoms with Gasteiger partial charge in [0.1, 0.15) is 17.9 Å². The highest BCUT2D eigenvalue weighted by Crippen LogP contribution is 2.45. The summed E-state index contributed by atoms with van der Waals surface area (Å²) in [5, 5.41) is 7.19. The van der Waals surface area contributed by atoms with Gasteiger partial charge in [-0.15, -0.1) is 0 Å². The number of hydrogen-bond donors (Lipinski definition) is 2. The smallest absolute Gasteiger partial charge is 0.256 e. The first-order valence-corrected chi connectivity index (χ1v) is 9.11. The largest absolute Gasteiger partial charge is 0.445 e. The van der Waals surface area contributed by atoms with E-state index in [0.29, 0.717) is 28.3 Å². The Bertz CT molecular complexity index is 1040. The van der Waals surface area contributed by atoms with Gasteiger partial charge < -0.3 is 15.1 Å². The molecule has 3 aromatic rings. The summed E-state index contributed by atoms with van der Waals surface area (Å²) in [6.45, 7) is 3.96. The second-order valence-electron chi connectivity index (χ2n) is 7.76. The molecular formula is C19H20N6O2. The number of aromatic nitrogens is 4. The lowest BCUT2D eigenvalue weighted by Gasteiger charge is -2.17. The van der Waals surface area contributed by atoms with E-state index in [0.717, 1.165) is 31.4 Å². The minimum Gasteiger partial charge on any atom is -0.445 e. The summed E-state index contributed by atoms with van der Waals surface area (Å²) >= 11 is 0. The van der Waals surface area contributed by atoms with Crippen molar-refractivity contribution in [2.45, 2.75) is 50.6 Å². The Morgan fingerprint density at radius 3 is 2.67 bits per heavy atom. The molecule has 1 amide bonds. The molecule has 5 rings (SSSR count). The van der Waals surface area contributed by atoms with Crippen LogP contribution in [0.4, 0.5) is 5.82 Å². The molecule has 2 saturated carbocycles. The van der Waals surface area contributed by atoms with Crippen molar-refractivity contribution in [2.24, 2.45) is 0 Å². The molecule has 2 aliphatic carbocycles. The monoisotopic (exact) mass is 364 g/mol. The molecule has 3 heterocycles. The van der Waals surface area contributed by atoms with Crippen LogP contribution >= 0.6 is 0 Å². The maximum atomic E-state index is 13.1. The molecule has 0 spiro atoms. The van der Waals surface area contributed by atoms with Crippen molar-refractivity contribution in [3.8, 4) is 0 Å². The van der Waals surface area contributed by atoms with Gasteiger partial charge in [-0.2, -0.15) is 4.98 Å². The molecule has 0 saturated heterocycles. The van der Waals surface area contributed by atoms with Gasteiger partial charge in [-0.1, -0.05) is 0 Å². The molecule has 0 bridgehead atoms. The number of furan rings is 1. The number of aryl methyl sites for hydroxylation is 1. The third kappa shape index (κ3) is 2.81. The average molecular weight is 364 g/mol. The Morgan fingerprint density at radius 1 is 1.19 bits per heavy atom. The van der Waals surface area contributed by atoms with Crippen LogP contribution in [0.2, 0.25) is 0 Å². The van der Waals surface area contributed by atoms with Crippen LogP contribution in [0, 0.1) is 6.92 Å². The minimum atomic E-state index is -0.448. The Kier molecular flexibility index (Phi) is 3.28. The molecule has 3 aromatic heterocycles. The molecule has 138 valence electrons. The van der Waals surface area contributed by atoms with Crippen molar-refractivity contribution in [3.63, 3.8) is 0 Å². The van der Waals surface area contributed by atoms with Crippen LogP contribution in [-0.2, 0) is 5.54 Å². The van der Waals surface area contributed by atoms with Gasteiger partial charge in [-0.05, 0) is 39.5 Å². The Balaban J connectivity index is 1.50. The minimum absolute atomic E-state index is 0.0239. The van der Waals surface area contributed by atoms with E-state index < -0.39 is 5.54 Å². The first-order chi connectivity index (χ1) is 13.0. The van der Waals surface area contributed by atoms with Gasteiger partial charge in [-0.25, -0.2) is 4.98 Å². The lowest BCUT2D eigenvalue weighted by atomic mass is 10.1. The fourth-order valence-corrected chi connectivity index (χ4v) is 3.31. The van der Waals surface area contributed by atoms with Gasteiger partial charge in [0, 0.05) is 17.9 Å². The SMILES string of the molecule is Cc1nc(NC2(C)CC2)c2c(C(=O)NC3(c4cnccn4)CC3)coc2n1. The molecule has 0 unspecified atom stereocenters. The molecule has 2 N–H and O–H groups in total. The van der Waals surface area contributed by atoms with Gasteiger partial charge in [0.2, 0.25) is 5.71 Å². The van der Waals surface area contributed by atoms with Gasteiger partial charge in [0.25, 0.3) is 5.91 Å². The zero-order valence-electron chi connectivity index (χ0n) is 15.2.